The summed E-state index contributed by atoms with van der Waals surface area (Å²) < 4.78 is 0. The largest absolute Gasteiger partial charge is 0.355 e. The summed E-state index contributed by atoms with van der Waals surface area (Å²) in [6.07, 6.45) is 2.67. The van der Waals surface area contributed by atoms with Crippen LogP contribution in [0, 0.1) is 5.92 Å². The van der Waals surface area contributed by atoms with Crippen molar-refractivity contribution in [1.29, 1.82) is 0 Å². The maximum Gasteiger partial charge on any atom is 0.224 e. The number of piperidine rings is 1. The smallest absolute Gasteiger partial charge is 0.224 e. The molecule has 1 aliphatic heterocycles. The first-order chi connectivity index (χ1) is 11.1. The number of nitrogens with one attached hydrogen (secondary N) is 1. The predicted octanol–water partition coefficient (Wildman–Crippen LogP) is 1.74. The summed E-state index contributed by atoms with van der Waals surface area (Å²) in [6.45, 7) is 3.99. The van der Waals surface area contributed by atoms with Crippen LogP contribution in [-0.4, -0.2) is 42.4 Å². The Hall–Kier alpha value is -1.59. The van der Waals surface area contributed by atoms with E-state index < -0.39 is 0 Å². The van der Waals surface area contributed by atoms with Gasteiger partial charge in [-0.3, -0.25) is 9.59 Å². The molecule has 6 heteroatoms. The van der Waals surface area contributed by atoms with Crippen LogP contribution in [0.15, 0.2) is 30.3 Å². The van der Waals surface area contributed by atoms with Gasteiger partial charge in [0.25, 0.3) is 0 Å². The Kier molecular flexibility index (Phi) is 8.79. The Morgan fingerprint density at radius 2 is 1.88 bits per heavy atom. The fourth-order valence-electron chi connectivity index (χ4n) is 2.99. The lowest BCUT2D eigenvalue weighted by atomic mass is 9.91. The number of carbonyl (C=O) groups is 2. The molecule has 1 atom stereocenters. The summed E-state index contributed by atoms with van der Waals surface area (Å²) in [5.74, 6) is 0.595. The van der Waals surface area contributed by atoms with Gasteiger partial charge < -0.3 is 16.0 Å². The van der Waals surface area contributed by atoms with E-state index in [4.69, 9.17) is 5.73 Å². The zero-order valence-electron chi connectivity index (χ0n) is 14.2. The number of hydrogen-bond donors (Lipinski definition) is 2. The molecule has 1 fully saturated rings. The second kappa shape index (κ2) is 10.3. The molecular formula is C18H28ClN3O2. The highest BCUT2D eigenvalue weighted by atomic mass is 35.5. The third-order valence-electron chi connectivity index (χ3n) is 4.50. The molecule has 0 spiro atoms. The Labute approximate surface area is 150 Å². The van der Waals surface area contributed by atoms with Gasteiger partial charge in [0.05, 0.1) is 6.42 Å². The number of amides is 2. The van der Waals surface area contributed by atoms with Crippen LogP contribution >= 0.6 is 12.4 Å². The topological polar surface area (TPSA) is 75.4 Å². The number of carbonyl (C=O) groups excluding carboxylic acids is 2. The Balaban J connectivity index is 0.00000288. The number of halogens is 1. The first-order valence-electron chi connectivity index (χ1n) is 8.40. The van der Waals surface area contributed by atoms with Crippen LogP contribution in [0.2, 0.25) is 0 Å². The average Bonchev–Trinajstić information content (AvgIpc) is 2.55. The minimum atomic E-state index is -0.0420. The van der Waals surface area contributed by atoms with Crippen molar-refractivity contribution in [2.45, 2.75) is 38.6 Å². The second-order valence-electron chi connectivity index (χ2n) is 6.34. The third kappa shape index (κ3) is 6.49. The molecule has 1 aliphatic rings. The van der Waals surface area contributed by atoms with Crippen molar-refractivity contribution in [3.63, 3.8) is 0 Å². The highest BCUT2D eigenvalue weighted by Crippen LogP contribution is 2.19. The van der Waals surface area contributed by atoms with Gasteiger partial charge in [-0.05, 0) is 31.2 Å². The van der Waals surface area contributed by atoms with Crippen LogP contribution in [0.4, 0.5) is 0 Å². The average molecular weight is 354 g/mol. The van der Waals surface area contributed by atoms with E-state index in [-0.39, 0.29) is 30.3 Å². The number of benzene rings is 1. The van der Waals surface area contributed by atoms with Crippen LogP contribution in [0.25, 0.3) is 0 Å². The molecule has 1 unspecified atom stereocenters. The van der Waals surface area contributed by atoms with Gasteiger partial charge >= 0.3 is 0 Å². The molecule has 24 heavy (non-hydrogen) atoms. The molecule has 1 aromatic carbocycles. The molecule has 134 valence electrons. The van der Waals surface area contributed by atoms with Gasteiger partial charge in [-0.2, -0.15) is 0 Å². The van der Waals surface area contributed by atoms with Gasteiger partial charge in [0.2, 0.25) is 11.8 Å². The van der Waals surface area contributed by atoms with Gasteiger partial charge in [-0.25, -0.2) is 0 Å². The molecule has 0 aliphatic carbocycles. The molecule has 0 bridgehead atoms. The van der Waals surface area contributed by atoms with Crippen molar-refractivity contribution in [3.05, 3.63) is 35.9 Å². The minimum absolute atomic E-state index is 0. The van der Waals surface area contributed by atoms with Crippen molar-refractivity contribution in [3.8, 4) is 0 Å². The maximum atomic E-state index is 12.2. The van der Waals surface area contributed by atoms with Crippen LogP contribution in [0.5, 0.6) is 0 Å². The molecule has 0 aromatic heterocycles. The summed E-state index contributed by atoms with van der Waals surface area (Å²) in [4.78, 5) is 25.9. The van der Waals surface area contributed by atoms with Crippen molar-refractivity contribution >= 4 is 24.2 Å². The van der Waals surface area contributed by atoms with E-state index in [0.29, 0.717) is 25.3 Å². The fraction of sp³-hybridized carbons (Fsp3) is 0.556. The molecule has 0 saturated carbocycles. The monoisotopic (exact) mass is 353 g/mol. The van der Waals surface area contributed by atoms with E-state index in [1.54, 1.807) is 0 Å². The summed E-state index contributed by atoms with van der Waals surface area (Å²) in [5, 5.41) is 2.82. The summed E-state index contributed by atoms with van der Waals surface area (Å²) in [6, 6.07) is 9.80. The Morgan fingerprint density at radius 1 is 1.25 bits per heavy atom. The summed E-state index contributed by atoms with van der Waals surface area (Å²) in [5.41, 5.74) is 6.90. The van der Waals surface area contributed by atoms with Gasteiger partial charge in [-0.1, -0.05) is 30.3 Å². The molecular weight excluding hydrogens is 326 g/mol. The highest BCUT2D eigenvalue weighted by molar-refractivity contribution is 5.85. The molecule has 3 N–H and O–H groups in total. The number of hydrogen-bond acceptors (Lipinski definition) is 3. The van der Waals surface area contributed by atoms with E-state index in [9.17, 15) is 9.59 Å². The minimum Gasteiger partial charge on any atom is -0.355 e. The van der Waals surface area contributed by atoms with E-state index in [0.717, 1.165) is 31.5 Å². The maximum absolute atomic E-state index is 12.2. The molecule has 1 aromatic rings. The van der Waals surface area contributed by atoms with E-state index in [2.05, 4.69) is 5.32 Å². The van der Waals surface area contributed by atoms with Crippen molar-refractivity contribution in [2.24, 2.45) is 11.7 Å². The van der Waals surface area contributed by atoms with Crippen LogP contribution < -0.4 is 11.1 Å². The highest BCUT2D eigenvalue weighted by Gasteiger charge is 2.24. The van der Waals surface area contributed by atoms with E-state index >= 15 is 0 Å². The molecule has 1 saturated heterocycles. The Morgan fingerprint density at radius 3 is 2.46 bits per heavy atom. The van der Waals surface area contributed by atoms with Crippen LogP contribution in [-0.2, 0) is 16.0 Å². The lowest BCUT2D eigenvalue weighted by Gasteiger charge is -2.33. The van der Waals surface area contributed by atoms with Gasteiger partial charge in [0.15, 0.2) is 0 Å². The normalized spacial score (nSPS) is 16.2. The van der Waals surface area contributed by atoms with Crippen molar-refractivity contribution < 1.29 is 9.59 Å². The van der Waals surface area contributed by atoms with E-state index in [1.165, 1.54) is 0 Å². The van der Waals surface area contributed by atoms with Crippen molar-refractivity contribution in [2.75, 3.05) is 19.6 Å². The first kappa shape index (κ1) is 20.5. The lowest BCUT2D eigenvalue weighted by Crippen LogP contribution is -2.43. The third-order valence-corrected chi connectivity index (χ3v) is 4.50. The number of nitrogens with two attached hydrogens (primary N) is 1. The predicted molar refractivity (Wildman–Crippen MR) is 98.0 cm³/mol. The second-order valence-corrected chi connectivity index (χ2v) is 6.34. The van der Waals surface area contributed by atoms with Crippen molar-refractivity contribution in [1.82, 2.24) is 10.2 Å². The van der Waals surface area contributed by atoms with Gasteiger partial charge in [-0.15, -0.1) is 12.4 Å². The van der Waals surface area contributed by atoms with Crippen LogP contribution in [0.1, 0.15) is 31.7 Å². The zero-order valence-corrected chi connectivity index (χ0v) is 15.1. The summed E-state index contributed by atoms with van der Waals surface area (Å²) in [7, 11) is 0. The van der Waals surface area contributed by atoms with Crippen LogP contribution in [0.3, 0.4) is 0 Å². The summed E-state index contributed by atoms with van der Waals surface area (Å²) >= 11 is 0. The molecule has 0 radical (unpaired) electrons. The SMILES string of the molecule is CC(N)C1CCN(C(=O)CCNC(=O)Cc2ccccc2)CC1.Cl. The standard InChI is InChI=1S/C18H27N3O2.ClH/c1-14(19)16-8-11-21(12-9-16)18(23)7-10-20-17(22)13-15-5-3-2-4-6-15;/h2-6,14,16H,7-13,19H2,1H3,(H,20,22);1H. The quantitative estimate of drug-likeness (QED) is 0.818. The molecule has 2 rings (SSSR count). The Bertz CT molecular complexity index is 514. The number of rotatable bonds is 6. The number of likely N-dealkylation sites (tertiary alicyclic amines) is 1. The molecule has 1 heterocycles. The first-order valence-corrected chi connectivity index (χ1v) is 8.40. The number of nitrogens with zero attached hydrogens (tertiary/aromatic N) is 1. The van der Waals surface area contributed by atoms with Gasteiger partial charge in [0, 0.05) is 32.1 Å². The van der Waals surface area contributed by atoms with E-state index in [1.807, 2.05) is 42.2 Å². The van der Waals surface area contributed by atoms with Gasteiger partial charge in [0.1, 0.15) is 0 Å². The molecule has 5 nitrogen and oxygen atoms in total. The fourth-order valence-corrected chi connectivity index (χ4v) is 2.99. The lowest BCUT2D eigenvalue weighted by molar-refractivity contribution is -0.132. The molecule has 2 amide bonds. The zero-order chi connectivity index (χ0) is 16.7.